The zero-order chi connectivity index (χ0) is 15.3. The first-order chi connectivity index (χ1) is 9.99. The standard InChI is InChI=1S/C15H22N2O3S/c16-14(9-8-12-5-2-1-3-6-12)15(18)17-11-13-7-4-10-21(13,19)20/h1-3,5-6,13-14H,4,7-11,16H2,(H,17,18). The number of nitrogens with one attached hydrogen (secondary N) is 1. The molecule has 1 heterocycles. The average molecular weight is 310 g/mol. The summed E-state index contributed by atoms with van der Waals surface area (Å²) < 4.78 is 23.3. The van der Waals surface area contributed by atoms with Crippen LogP contribution in [0.1, 0.15) is 24.8 Å². The van der Waals surface area contributed by atoms with E-state index in [1.165, 1.54) is 0 Å². The molecule has 0 radical (unpaired) electrons. The summed E-state index contributed by atoms with van der Waals surface area (Å²) in [7, 11) is -3.02. The Balaban J connectivity index is 1.75. The molecule has 6 heteroatoms. The van der Waals surface area contributed by atoms with E-state index < -0.39 is 21.1 Å². The van der Waals surface area contributed by atoms with E-state index in [2.05, 4.69) is 5.32 Å². The topological polar surface area (TPSA) is 89.3 Å². The molecule has 0 spiro atoms. The van der Waals surface area contributed by atoms with E-state index in [1.807, 2.05) is 30.3 Å². The van der Waals surface area contributed by atoms with Gasteiger partial charge in [0.2, 0.25) is 5.91 Å². The minimum absolute atomic E-state index is 0.181. The molecule has 0 aliphatic carbocycles. The minimum atomic E-state index is -3.02. The van der Waals surface area contributed by atoms with E-state index in [9.17, 15) is 13.2 Å². The predicted octanol–water partition coefficient (Wildman–Crippen LogP) is 0.640. The van der Waals surface area contributed by atoms with Crippen molar-refractivity contribution in [2.45, 2.75) is 37.0 Å². The van der Waals surface area contributed by atoms with E-state index in [0.29, 0.717) is 19.3 Å². The number of rotatable bonds is 6. The minimum Gasteiger partial charge on any atom is -0.353 e. The molecule has 0 bridgehead atoms. The molecular weight excluding hydrogens is 288 g/mol. The van der Waals surface area contributed by atoms with Gasteiger partial charge >= 0.3 is 0 Å². The summed E-state index contributed by atoms with van der Waals surface area (Å²) in [6, 6.07) is 9.23. The van der Waals surface area contributed by atoms with E-state index in [4.69, 9.17) is 5.73 Å². The Bertz CT molecular complexity index is 572. The third kappa shape index (κ3) is 4.54. The fraction of sp³-hybridized carbons (Fsp3) is 0.533. The van der Waals surface area contributed by atoms with Gasteiger partial charge in [-0.2, -0.15) is 0 Å². The molecule has 2 rings (SSSR count). The summed E-state index contributed by atoms with van der Waals surface area (Å²) in [5.41, 5.74) is 6.99. The molecule has 21 heavy (non-hydrogen) atoms. The summed E-state index contributed by atoms with van der Waals surface area (Å²) in [6.07, 6.45) is 2.59. The van der Waals surface area contributed by atoms with Crippen LogP contribution in [0.3, 0.4) is 0 Å². The number of hydrogen-bond donors (Lipinski definition) is 2. The lowest BCUT2D eigenvalue weighted by molar-refractivity contribution is -0.122. The van der Waals surface area contributed by atoms with Crippen molar-refractivity contribution in [3.05, 3.63) is 35.9 Å². The van der Waals surface area contributed by atoms with E-state index in [-0.39, 0.29) is 18.2 Å². The van der Waals surface area contributed by atoms with E-state index >= 15 is 0 Å². The molecule has 2 unspecified atom stereocenters. The number of benzene rings is 1. The SMILES string of the molecule is NC(CCc1ccccc1)C(=O)NCC1CCCS1(=O)=O. The quantitative estimate of drug-likeness (QED) is 0.807. The van der Waals surface area contributed by atoms with Crippen molar-refractivity contribution in [2.24, 2.45) is 5.73 Å². The van der Waals surface area contributed by atoms with Crippen LogP contribution in [0.25, 0.3) is 0 Å². The van der Waals surface area contributed by atoms with Crippen molar-refractivity contribution in [1.82, 2.24) is 5.32 Å². The number of nitrogens with two attached hydrogens (primary N) is 1. The number of aryl methyl sites for hydroxylation is 1. The highest BCUT2D eigenvalue weighted by Gasteiger charge is 2.31. The van der Waals surface area contributed by atoms with Crippen LogP contribution in [0.5, 0.6) is 0 Å². The van der Waals surface area contributed by atoms with Gasteiger partial charge in [0.1, 0.15) is 0 Å². The van der Waals surface area contributed by atoms with Crippen LogP contribution in [-0.4, -0.2) is 37.9 Å². The van der Waals surface area contributed by atoms with Crippen LogP contribution in [0, 0.1) is 0 Å². The van der Waals surface area contributed by atoms with E-state index in [0.717, 1.165) is 12.0 Å². The van der Waals surface area contributed by atoms with Gasteiger partial charge in [0.05, 0.1) is 17.0 Å². The normalized spacial score (nSPS) is 21.9. The van der Waals surface area contributed by atoms with Gasteiger partial charge in [-0.05, 0) is 31.2 Å². The predicted molar refractivity (Wildman–Crippen MR) is 82.6 cm³/mol. The molecule has 1 fully saturated rings. The molecule has 3 N–H and O–H groups in total. The zero-order valence-corrected chi connectivity index (χ0v) is 12.8. The van der Waals surface area contributed by atoms with Crippen molar-refractivity contribution in [3.8, 4) is 0 Å². The lowest BCUT2D eigenvalue weighted by atomic mass is 10.1. The molecule has 1 aliphatic rings. The zero-order valence-electron chi connectivity index (χ0n) is 12.0. The lowest BCUT2D eigenvalue weighted by Crippen LogP contribution is -2.44. The Morgan fingerprint density at radius 1 is 1.33 bits per heavy atom. The Hall–Kier alpha value is -1.40. The second kappa shape index (κ2) is 7.04. The summed E-state index contributed by atoms with van der Waals surface area (Å²) in [4.78, 5) is 11.9. The van der Waals surface area contributed by atoms with Crippen molar-refractivity contribution in [3.63, 3.8) is 0 Å². The smallest absolute Gasteiger partial charge is 0.236 e. The Morgan fingerprint density at radius 3 is 2.67 bits per heavy atom. The van der Waals surface area contributed by atoms with Crippen LogP contribution in [-0.2, 0) is 21.1 Å². The van der Waals surface area contributed by atoms with Crippen molar-refractivity contribution in [1.29, 1.82) is 0 Å². The summed E-state index contributed by atoms with van der Waals surface area (Å²) in [6.45, 7) is 0.181. The maximum Gasteiger partial charge on any atom is 0.236 e. The lowest BCUT2D eigenvalue weighted by Gasteiger charge is -2.15. The number of hydrogen-bond acceptors (Lipinski definition) is 4. The largest absolute Gasteiger partial charge is 0.353 e. The second-order valence-corrected chi connectivity index (χ2v) is 7.91. The molecule has 1 amide bonds. The molecule has 1 aromatic rings. The fourth-order valence-electron chi connectivity index (χ4n) is 2.53. The first-order valence-electron chi connectivity index (χ1n) is 7.28. The molecule has 1 saturated heterocycles. The van der Waals surface area contributed by atoms with Crippen LogP contribution in [0.2, 0.25) is 0 Å². The first-order valence-corrected chi connectivity index (χ1v) is 8.99. The van der Waals surface area contributed by atoms with Gasteiger partial charge in [-0.3, -0.25) is 4.79 Å². The number of carbonyl (C=O) groups excluding carboxylic acids is 1. The van der Waals surface area contributed by atoms with Gasteiger partial charge in [0.15, 0.2) is 9.84 Å². The molecule has 2 atom stereocenters. The summed E-state index contributed by atoms with van der Waals surface area (Å²) in [5.74, 6) is -0.0406. The Morgan fingerprint density at radius 2 is 2.05 bits per heavy atom. The maximum absolute atomic E-state index is 11.9. The highest BCUT2D eigenvalue weighted by molar-refractivity contribution is 7.92. The number of carbonyl (C=O) groups is 1. The van der Waals surface area contributed by atoms with Gasteiger partial charge in [0, 0.05) is 6.54 Å². The Labute approximate surface area is 125 Å². The van der Waals surface area contributed by atoms with Gasteiger partial charge in [0.25, 0.3) is 0 Å². The van der Waals surface area contributed by atoms with Crippen LogP contribution < -0.4 is 11.1 Å². The fourth-order valence-corrected chi connectivity index (χ4v) is 4.30. The van der Waals surface area contributed by atoms with Crippen LogP contribution in [0.4, 0.5) is 0 Å². The van der Waals surface area contributed by atoms with Crippen molar-refractivity contribution in [2.75, 3.05) is 12.3 Å². The third-order valence-electron chi connectivity index (χ3n) is 3.89. The van der Waals surface area contributed by atoms with Crippen molar-refractivity contribution >= 4 is 15.7 Å². The highest BCUT2D eigenvalue weighted by Crippen LogP contribution is 2.19. The third-order valence-corrected chi connectivity index (χ3v) is 6.17. The highest BCUT2D eigenvalue weighted by atomic mass is 32.2. The number of amides is 1. The van der Waals surface area contributed by atoms with E-state index in [1.54, 1.807) is 0 Å². The summed E-state index contributed by atoms with van der Waals surface area (Å²) >= 11 is 0. The van der Waals surface area contributed by atoms with Crippen LogP contribution in [0.15, 0.2) is 30.3 Å². The van der Waals surface area contributed by atoms with Gasteiger partial charge < -0.3 is 11.1 Å². The average Bonchev–Trinajstić information content (AvgIpc) is 2.82. The molecular formula is C15H22N2O3S. The molecule has 116 valence electrons. The first kappa shape index (κ1) is 16.0. The summed E-state index contributed by atoms with van der Waals surface area (Å²) in [5, 5.41) is 2.23. The Kier molecular flexibility index (Phi) is 5.36. The van der Waals surface area contributed by atoms with Crippen molar-refractivity contribution < 1.29 is 13.2 Å². The monoisotopic (exact) mass is 310 g/mol. The van der Waals surface area contributed by atoms with Gasteiger partial charge in [-0.15, -0.1) is 0 Å². The van der Waals surface area contributed by atoms with Crippen LogP contribution >= 0.6 is 0 Å². The molecule has 0 aromatic heterocycles. The van der Waals surface area contributed by atoms with Gasteiger partial charge in [-0.25, -0.2) is 8.42 Å². The van der Waals surface area contributed by atoms with Gasteiger partial charge in [-0.1, -0.05) is 30.3 Å². The maximum atomic E-state index is 11.9. The molecule has 5 nitrogen and oxygen atoms in total. The molecule has 0 saturated carbocycles. The molecule has 1 aliphatic heterocycles. The second-order valence-electron chi connectivity index (χ2n) is 5.51. The number of sulfone groups is 1. The molecule has 1 aromatic carbocycles.